The first-order chi connectivity index (χ1) is 64.4. The molecule has 2 rings (SSSR count). The summed E-state index contributed by atoms with van der Waals surface area (Å²) >= 11 is 0. The van der Waals surface area contributed by atoms with Gasteiger partial charge in [0.2, 0.25) is 130 Å². The quantitative estimate of drug-likeness (QED) is 0.0288. The van der Waals surface area contributed by atoms with Crippen molar-refractivity contribution < 1.29 is 146 Å². The smallest absolute Gasteiger partial charge is 0.326 e. The van der Waals surface area contributed by atoms with E-state index in [0.29, 0.717) is 5.56 Å². The van der Waals surface area contributed by atoms with E-state index in [1.54, 1.807) is 99.6 Å². The number of aliphatic hydroxyl groups excluding tert-OH is 4. The summed E-state index contributed by atoms with van der Waals surface area (Å²) in [4.78, 5) is 320. The molecule has 1 saturated heterocycles. The number of hydrogen-bond acceptors (Lipinski definition) is 29. The number of aliphatic carboxylic acids is 2. The minimum absolute atomic E-state index is 0.0268. The van der Waals surface area contributed by atoms with E-state index in [0.717, 1.165) is 25.7 Å². The molecule has 0 aliphatic carbocycles. The Morgan fingerprint density at radius 3 is 1.17 bits per heavy atom. The van der Waals surface area contributed by atoms with Gasteiger partial charge in [0.25, 0.3) is 0 Å². The highest BCUT2D eigenvalue weighted by molar-refractivity contribution is 6.03. The molecule has 1 aliphatic heterocycles. The number of carbonyl (C=O) groups excluding carboxylic acids is 22. The van der Waals surface area contributed by atoms with Gasteiger partial charge in [-0.3, -0.25) is 110 Å². The molecule has 1 fully saturated rings. The fourth-order valence-electron chi connectivity index (χ4n) is 13.4. The number of likely N-dealkylation sites (tertiary alicyclic amines) is 1. The second kappa shape index (κ2) is 59.3. The SMILES string of the molecule is CC[C@H](C)[C@H](NC(=O)[C@H](CC(C)C)NC(=O)[C@@H](NC(=O)[C@@H]1CCCN1C(=O)CNC(=O)[C@H](CC(=O)O)NC(=O)[C@H](CC(N)=O)NC(=O)[C@H](CO)NC(=O)[C@@H](N)C(C)C)[C@@H](C)O)C(=O)NCC(=O)N[C@@H](C)C(=O)N[C@@H](CC(N)=O)C(=O)N[C@@H](C)C(=O)N[C@@H](CO)C(=O)N[C@@H](Cc1ccccc1)C(=O)N[C@@H](CO)C(=O)N[C@H](C(=O)N[C@@H](C)C(=O)N[C@@H](CC(C)C)C(=O)N[C@@H](CC(N)=O)C(=O)O)[C@@H](C)CC. The highest BCUT2D eigenvalue weighted by Gasteiger charge is 2.43. The molecule has 0 spiro atoms. The van der Waals surface area contributed by atoms with E-state index in [1.807, 2.05) is 0 Å². The van der Waals surface area contributed by atoms with Gasteiger partial charge in [0.1, 0.15) is 103 Å². The minimum atomic E-state index is -2.00. The van der Waals surface area contributed by atoms with Crippen LogP contribution in [0.3, 0.4) is 0 Å². The van der Waals surface area contributed by atoms with Gasteiger partial charge >= 0.3 is 11.9 Å². The Hall–Kier alpha value is -13.7. The number of benzene rings is 1. The van der Waals surface area contributed by atoms with Crippen LogP contribution in [0.5, 0.6) is 0 Å². The molecule has 138 heavy (non-hydrogen) atoms. The van der Waals surface area contributed by atoms with Crippen molar-refractivity contribution in [2.75, 3.05) is 39.5 Å². The molecule has 1 aromatic carbocycles. The number of nitrogens with zero attached hydrogens (tertiary/aromatic N) is 1. The van der Waals surface area contributed by atoms with Crippen molar-refractivity contribution in [3.8, 4) is 0 Å². The number of rotatable bonds is 61. The highest BCUT2D eigenvalue weighted by atomic mass is 16.4. The first kappa shape index (κ1) is 120. The van der Waals surface area contributed by atoms with E-state index in [9.17, 15) is 146 Å². The van der Waals surface area contributed by atoms with Crippen LogP contribution in [0.15, 0.2) is 30.3 Å². The number of nitrogens with one attached hydrogen (secondary N) is 18. The Balaban J connectivity index is 2.21. The van der Waals surface area contributed by atoms with Gasteiger partial charge in [-0.25, -0.2) is 4.79 Å². The fourth-order valence-corrected chi connectivity index (χ4v) is 13.4. The molecular formula is C85H137N23O30. The van der Waals surface area contributed by atoms with Crippen molar-refractivity contribution in [2.45, 2.75) is 282 Å². The molecule has 0 bridgehead atoms. The van der Waals surface area contributed by atoms with Gasteiger partial charge in [0, 0.05) is 13.0 Å². The maximum atomic E-state index is 14.3. The number of amides is 22. The molecule has 772 valence electrons. The normalized spacial score (nSPS) is 16.6. The Morgan fingerprint density at radius 2 is 0.725 bits per heavy atom. The van der Waals surface area contributed by atoms with E-state index in [4.69, 9.17) is 22.9 Å². The summed E-state index contributed by atoms with van der Waals surface area (Å²) in [6, 6.07) is -21.5. The summed E-state index contributed by atoms with van der Waals surface area (Å²) in [5.41, 5.74) is 22.1. The predicted octanol–water partition coefficient (Wildman–Crippen LogP) is -12.0. The first-order valence-electron chi connectivity index (χ1n) is 44.8. The molecule has 1 heterocycles. The van der Waals surface area contributed by atoms with Crippen LogP contribution in [0.1, 0.15) is 167 Å². The average Bonchev–Trinajstić information content (AvgIpc) is 1.76. The van der Waals surface area contributed by atoms with Crippen LogP contribution in [-0.4, -0.2) is 332 Å². The summed E-state index contributed by atoms with van der Waals surface area (Å²) in [6.07, 6.45) is -5.34. The third-order valence-electron chi connectivity index (χ3n) is 21.8. The lowest BCUT2D eigenvalue weighted by Crippen LogP contribution is -2.62. The number of hydrogen-bond donors (Lipinski definition) is 28. The van der Waals surface area contributed by atoms with Crippen molar-refractivity contribution in [1.29, 1.82) is 0 Å². The van der Waals surface area contributed by atoms with Crippen LogP contribution in [0.2, 0.25) is 0 Å². The standard InChI is InChI=1S/C85H137N23O30/c1-15-40(9)65(105-76(128)48(26-38(5)6)100-84(136)67(45(14)112)107-80(132)57-23-20-24-108(57)62(117)33-91-71(123)52(31-63(118)119)99-75(127)51(29-59(87)114)98-78(130)55(35-110)104-81(133)64(89)39(7)8)82(134)90-32-61(116)92-42(11)68(120)96-50(28-58(86)113)72(124)93-43(12)70(122)102-54(34-109)77(129)97-49(27-46-21-18-17-19-22-46)74(126)103-56(36-111)79(131)106-66(41(10)16-2)83(135)94-44(13)69(121)95-47(25-37(3)4)73(125)101-53(85(137)138)30-60(88)115/h17-19,21-22,37-45,47-57,64-67,109-112H,15-16,20,23-36,89H2,1-14H3,(H2,86,113)(H2,87,114)(H2,88,115)(H,90,134)(H,91,123)(H,92,116)(H,93,124)(H,94,135)(H,95,121)(H,96,120)(H,97,129)(H,98,130)(H,99,127)(H,100,136)(H,101,125)(H,102,122)(H,103,126)(H,104,133)(H,105,128)(H,106,131)(H,107,132)(H,118,119)(H,137,138)/t40-,41-,42-,43-,44-,45+,47-,48-,49-,50-,51-,52-,53-,54-,55-,56-,57-,64-,65-,66-,67-/m0/s1. The predicted molar refractivity (Wildman–Crippen MR) is 484 cm³/mol. The molecule has 0 saturated carbocycles. The van der Waals surface area contributed by atoms with Gasteiger partial charge in [-0.2, -0.15) is 0 Å². The zero-order valence-corrected chi connectivity index (χ0v) is 79.5. The molecule has 1 aromatic rings. The summed E-state index contributed by atoms with van der Waals surface area (Å²) in [5, 5.41) is 102. The zero-order chi connectivity index (χ0) is 105. The van der Waals surface area contributed by atoms with Crippen LogP contribution < -0.4 is 119 Å². The Labute approximate surface area is 795 Å². The molecular weight excluding hydrogens is 1820 g/mol. The monoisotopic (exact) mass is 1960 g/mol. The molecule has 53 nitrogen and oxygen atoms in total. The van der Waals surface area contributed by atoms with Crippen LogP contribution in [0.4, 0.5) is 0 Å². The average molecular weight is 1960 g/mol. The van der Waals surface area contributed by atoms with Crippen LogP contribution in [0.25, 0.3) is 0 Å². The lowest BCUT2D eigenvalue weighted by Gasteiger charge is -2.30. The molecule has 32 N–H and O–H groups in total. The second-order valence-electron chi connectivity index (χ2n) is 34.7. The Kier molecular flexibility index (Phi) is 51.8. The lowest BCUT2D eigenvalue weighted by atomic mass is 9.96. The summed E-state index contributed by atoms with van der Waals surface area (Å²) in [6.45, 7) is 15.7. The van der Waals surface area contributed by atoms with E-state index in [2.05, 4.69) is 95.7 Å². The van der Waals surface area contributed by atoms with Gasteiger partial charge in [-0.15, -0.1) is 0 Å². The minimum Gasteiger partial charge on any atom is -0.481 e. The maximum Gasteiger partial charge on any atom is 0.326 e. The van der Waals surface area contributed by atoms with Crippen LogP contribution in [0, 0.1) is 29.6 Å². The summed E-state index contributed by atoms with van der Waals surface area (Å²) in [5.74, 6) is -29.6. The molecule has 53 heteroatoms. The fraction of sp³-hybridized carbons (Fsp3) is 0.647. The largest absolute Gasteiger partial charge is 0.481 e. The highest BCUT2D eigenvalue weighted by Crippen LogP contribution is 2.20. The summed E-state index contributed by atoms with van der Waals surface area (Å²) in [7, 11) is 0. The van der Waals surface area contributed by atoms with Gasteiger partial charge < -0.3 is 154 Å². The molecule has 1 aliphatic rings. The van der Waals surface area contributed by atoms with E-state index < -0.39 is 333 Å². The Bertz CT molecular complexity index is 4470. The van der Waals surface area contributed by atoms with Gasteiger partial charge in [0.05, 0.1) is 70.7 Å². The number of carbonyl (C=O) groups is 24. The van der Waals surface area contributed by atoms with Crippen molar-refractivity contribution in [3.63, 3.8) is 0 Å². The topological polar surface area (TPSA) is 855 Å². The van der Waals surface area contributed by atoms with E-state index in [-0.39, 0.29) is 63.3 Å². The maximum absolute atomic E-state index is 14.3. The third-order valence-corrected chi connectivity index (χ3v) is 21.8. The molecule has 21 atom stereocenters. The number of carboxylic acids is 2. The van der Waals surface area contributed by atoms with Crippen molar-refractivity contribution >= 4 is 142 Å². The van der Waals surface area contributed by atoms with Gasteiger partial charge in [0.15, 0.2) is 0 Å². The second-order valence-corrected chi connectivity index (χ2v) is 34.7. The summed E-state index contributed by atoms with van der Waals surface area (Å²) < 4.78 is 0. The molecule has 0 radical (unpaired) electrons. The zero-order valence-electron chi connectivity index (χ0n) is 79.5. The van der Waals surface area contributed by atoms with E-state index in [1.165, 1.54) is 6.92 Å². The Morgan fingerprint density at radius 1 is 0.377 bits per heavy atom. The lowest BCUT2D eigenvalue weighted by molar-refractivity contribution is -0.144. The third kappa shape index (κ3) is 41.5. The first-order valence-corrected chi connectivity index (χ1v) is 44.8. The molecule has 0 aromatic heterocycles. The molecule has 0 unspecified atom stereocenters. The van der Waals surface area contributed by atoms with Gasteiger partial charge in [-0.1, -0.05) is 112 Å². The van der Waals surface area contributed by atoms with Crippen molar-refractivity contribution in [1.82, 2.24) is 101 Å². The number of aliphatic hydroxyl groups is 4. The molecule has 22 amide bonds. The number of nitrogens with two attached hydrogens (primary N) is 4. The van der Waals surface area contributed by atoms with Crippen LogP contribution >= 0.6 is 0 Å². The van der Waals surface area contributed by atoms with E-state index >= 15 is 0 Å². The van der Waals surface area contributed by atoms with Gasteiger partial charge in [-0.05, 0) is 88.5 Å². The number of primary amides is 3. The van der Waals surface area contributed by atoms with Crippen molar-refractivity contribution in [3.05, 3.63) is 35.9 Å². The van der Waals surface area contributed by atoms with Crippen LogP contribution in [-0.2, 0) is 121 Å². The van der Waals surface area contributed by atoms with Crippen molar-refractivity contribution in [2.24, 2.45) is 52.5 Å². The number of carboxylic acid groups (broad SMARTS) is 2.